The maximum Gasteiger partial charge on any atom is 0.429 e. The van der Waals surface area contributed by atoms with Gasteiger partial charge in [-0.1, -0.05) is 19.4 Å². The third-order valence-electron chi connectivity index (χ3n) is 4.89. The lowest BCUT2D eigenvalue weighted by molar-refractivity contribution is -0.187. The molecule has 0 bridgehead atoms. The lowest BCUT2D eigenvalue weighted by atomic mass is 10.0. The third kappa shape index (κ3) is 4.88. The molecule has 2 atom stereocenters. The van der Waals surface area contributed by atoms with Gasteiger partial charge in [-0.3, -0.25) is 0 Å². The molecule has 0 aromatic heterocycles. The van der Waals surface area contributed by atoms with Crippen LogP contribution in [0.1, 0.15) is 55.4 Å². The minimum absolute atomic E-state index is 0.0436. The van der Waals surface area contributed by atoms with Gasteiger partial charge in [0.25, 0.3) is 0 Å². The molecule has 3 rings (SSSR count). The Labute approximate surface area is 168 Å². The average Bonchev–Trinajstić information content (AvgIpc) is 3.09. The largest absolute Gasteiger partial charge is 0.429 e. The molecule has 0 aliphatic carbocycles. The van der Waals surface area contributed by atoms with E-state index < -0.39 is 46.9 Å². The number of ether oxygens (including phenoxy) is 2. The Balaban J connectivity index is 1.77. The topological polar surface area (TPSA) is 18.5 Å². The molecular weight excluding hydrogens is 417 g/mol. The Bertz CT molecular complexity index is 895. The fourth-order valence-corrected chi connectivity index (χ4v) is 3.45. The van der Waals surface area contributed by atoms with Gasteiger partial charge in [-0.25, -0.2) is 8.78 Å². The fraction of sp³-hybridized carbons (Fsp3) is 0.429. The molecular formula is C21H19F7O2. The van der Waals surface area contributed by atoms with Gasteiger partial charge in [0.15, 0.2) is 0 Å². The SMILES string of the molecule is CCCC1CCC(c2ccc(C(F)(F)Oc3ccc(C(F)(F)F)c(F)c3)c(F)c2)O1. The molecule has 1 saturated heterocycles. The Hall–Kier alpha value is -2.29. The molecule has 0 N–H and O–H groups in total. The number of halogens is 7. The number of hydrogen-bond acceptors (Lipinski definition) is 2. The first kappa shape index (κ1) is 22.4. The van der Waals surface area contributed by atoms with Crippen molar-refractivity contribution in [3.63, 3.8) is 0 Å². The Morgan fingerprint density at radius 3 is 2.20 bits per heavy atom. The third-order valence-corrected chi connectivity index (χ3v) is 4.89. The Morgan fingerprint density at radius 2 is 1.60 bits per heavy atom. The zero-order valence-electron chi connectivity index (χ0n) is 15.9. The molecule has 164 valence electrons. The zero-order chi connectivity index (χ0) is 22.1. The summed E-state index contributed by atoms with van der Waals surface area (Å²) in [6.07, 6.45) is -6.35. The van der Waals surface area contributed by atoms with Crippen LogP contribution in [0.2, 0.25) is 0 Å². The van der Waals surface area contributed by atoms with E-state index >= 15 is 0 Å². The number of benzene rings is 2. The first-order valence-corrected chi connectivity index (χ1v) is 9.40. The van der Waals surface area contributed by atoms with Crippen molar-refractivity contribution >= 4 is 0 Å². The van der Waals surface area contributed by atoms with Crippen LogP contribution in [0.3, 0.4) is 0 Å². The van der Waals surface area contributed by atoms with Gasteiger partial charge in [0.1, 0.15) is 17.4 Å². The maximum atomic E-state index is 14.4. The standard InChI is InChI=1S/C21H19F7O2/c1-2-3-13-6-9-19(29-13)12-4-7-16(17(22)10-12)21(27,28)30-14-5-8-15(18(23)11-14)20(24,25)26/h4-5,7-8,10-11,13,19H,2-3,6,9H2,1H3. The van der Waals surface area contributed by atoms with Crippen LogP contribution in [0, 0.1) is 11.6 Å². The van der Waals surface area contributed by atoms with Crippen LogP contribution in [-0.2, 0) is 17.0 Å². The second kappa shape index (κ2) is 8.45. The fourth-order valence-electron chi connectivity index (χ4n) is 3.45. The summed E-state index contributed by atoms with van der Waals surface area (Å²) < 4.78 is 105. The van der Waals surface area contributed by atoms with Crippen LogP contribution in [0.4, 0.5) is 30.7 Å². The van der Waals surface area contributed by atoms with E-state index in [1.165, 1.54) is 6.07 Å². The van der Waals surface area contributed by atoms with E-state index in [1.54, 1.807) is 0 Å². The average molecular weight is 436 g/mol. The van der Waals surface area contributed by atoms with E-state index in [4.69, 9.17) is 4.74 Å². The summed E-state index contributed by atoms with van der Waals surface area (Å²) in [5.74, 6) is -3.89. The second-order valence-electron chi connectivity index (χ2n) is 7.11. The zero-order valence-corrected chi connectivity index (χ0v) is 15.9. The molecule has 9 heteroatoms. The first-order chi connectivity index (χ1) is 14.0. The minimum Gasteiger partial charge on any atom is -0.429 e. The molecule has 2 aromatic rings. The molecule has 1 heterocycles. The lowest BCUT2D eigenvalue weighted by Gasteiger charge is -2.20. The molecule has 1 fully saturated rings. The van der Waals surface area contributed by atoms with Crippen molar-refractivity contribution in [2.45, 2.75) is 57.1 Å². The smallest absolute Gasteiger partial charge is 0.429 e. The normalized spacial score (nSPS) is 19.9. The monoisotopic (exact) mass is 436 g/mol. The molecule has 2 unspecified atom stereocenters. The summed E-state index contributed by atoms with van der Waals surface area (Å²) in [5, 5.41) is 0. The summed E-state index contributed by atoms with van der Waals surface area (Å²) in [7, 11) is 0. The Morgan fingerprint density at radius 1 is 0.933 bits per heavy atom. The quantitative estimate of drug-likeness (QED) is 0.449. The van der Waals surface area contributed by atoms with Crippen molar-refractivity contribution in [2.24, 2.45) is 0 Å². The van der Waals surface area contributed by atoms with Gasteiger partial charge in [-0.05, 0) is 49.1 Å². The maximum absolute atomic E-state index is 14.4. The van der Waals surface area contributed by atoms with Crippen LogP contribution in [0.25, 0.3) is 0 Å². The predicted molar refractivity (Wildman–Crippen MR) is 94.1 cm³/mol. The minimum atomic E-state index is -4.98. The van der Waals surface area contributed by atoms with Gasteiger partial charge >= 0.3 is 12.3 Å². The van der Waals surface area contributed by atoms with Gasteiger partial charge < -0.3 is 9.47 Å². The molecule has 2 aromatic carbocycles. The van der Waals surface area contributed by atoms with Crippen molar-refractivity contribution in [1.82, 2.24) is 0 Å². The van der Waals surface area contributed by atoms with E-state index in [1.807, 2.05) is 6.92 Å². The van der Waals surface area contributed by atoms with Gasteiger partial charge in [0, 0.05) is 6.07 Å². The molecule has 0 amide bonds. The summed E-state index contributed by atoms with van der Waals surface area (Å²) in [6, 6.07) is 4.07. The summed E-state index contributed by atoms with van der Waals surface area (Å²) in [5.41, 5.74) is -2.33. The number of hydrogen-bond donors (Lipinski definition) is 0. The second-order valence-corrected chi connectivity index (χ2v) is 7.11. The molecule has 0 radical (unpaired) electrons. The van der Waals surface area contributed by atoms with Crippen molar-refractivity contribution in [3.8, 4) is 5.75 Å². The summed E-state index contributed by atoms with van der Waals surface area (Å²) in [4.78, 5) is 0. The molecule has 30 heavy (non-hydrogen) atoms. The Kier molecular flexibility index (Phi) is 6.31. The highest BCUT2D eigenvalue weighted by Crippen LogP contribution is 2.39. The van der Waals surface area contributed by atoms with Gasteiger partial charge in [-0.2, -0.15) is 22.0 Å². The summed E-state index contributed by atoms with van der Waals surface area (Å²) in [6.45, 7) is 2.01. The molecule has 0 spiro atoms. The molecule has 0 saturated carbocycles. The molecule has 1 aliphatic rings. The van der Waals surface area contributed by atoms with Crippen LogP contribution in [-0.4, -0.2) is 6.10 Å². The highest BCUT2D eigenvalue weighted by atomic mass is 19.4. The van der Waals surface area contributed by atoms with Crippen molar-refractivity contribution in [1.29, 1.82) is 0 Å². The van der Waals surface area contributed by atoms with Crippen molar-refractivity contribution < 1.29 is 40.2 Å². The van der Waals surface area contributed by atoms with Crippen LogP contribution < -0.4 is 4.74 Å². The highest BCUT2D eigenvalue weighted by Gasteiger charge is 2.39. The van der Waals surface area contributed by atoms with Crippen molar-refractivity contribution in [3.05, 3.63) is 64.7 Å². The number of alkyl halides is 5. The number of rotatable bonds is 6. The van der Waals surface area contributed by atoms with Crippen LogP contribution in [0.5, 0.6) is 5.75 Å². The van der Waals surface area contributed by atoms with Crippen molar-refractivity contribution in [2.75, 3.05) is 0 Å². The van der Waals surface area contributed by atoms with E-state index in [9.17, 15) is 30.7 Å². The summed E-state index contributed by atoms with van der Waals surface area (Å²) >= 11 is 0. The van der Waals surface area contributed by atoms with E-state index in [2.05, 4.69) is 4.74 Å². The van der Waals surface area contributed by atoms with E-state index in [-0.39, 0.29) is 18.2 Å². The van der Waals surface area contributed by atoms with Crippen LogP contribution >= 0.6 is 0 Å². The van der Waals surface area contributed by atoms with Gasteiger partial charge in [0.05, 0.1) is 23.3 Å². The van der Waals surface area contributed by atoms with Gasteiger partial charge in [0.2, 0.25) is 0 Å². The van der Waals surface area contributed by atoms with Gasteiger partial charge in [-0.15, -0.1) is 0 Å². The molecule has 2 nitrogen and oxygen atoms in total. The van der Waals surface area contributed by atoms with Crippen LogP contribution in [0.15, 0.2) is 36.4 Å². The highest BCUT2D eigenvalue weighted by molar-refractivity contribution is 5.33. The predicted octanol–water partition coefficient (Wildman–Crippen LogP) is 7.13. The molecule has 1 aliphatic heterocycles. The first-order valence-electron chi connectivity index (χ1n) is 9.40. The van der Waals surface area contributed by atoms with E-state index in [0.717, 1.165) is 31.4 Å². The lowest BCUT2D eigenvalue weighted by Crippen LogP contribution is -2.24. The van der Waals surface area contributed by atoms with E-state index in [0.29, 0.717) is 18.1 Å².